The number of carbonyl (C=O) groups excluding carboxylic acids is 1. The van der Waals surface area contributed by atoms with Crippen LogP contribution >= 0.6 is 11.8 Å². The van der Waals surface area contributed by atoms with E-state index in [0.717, 1.165) is 11.6 Å². The fraction of sp³-hybridized carbons (Fsp3) is 0.304. The molecule has 168 valence electrons. The SMILES string of the molecule is CCOc1ccccc1C=C1SC(N2CCN(c3cccc(C(F)(F)F)c3)CC2)=NC1=O. The molecule has 1 fully saturated rings. The Hall–Kier alpha value is -2.94. The van der Waals surface area contributed by atoms with Crippen molar-refractivity contribution in [2.45, 2.75) is 13.1 Å². The van der Waals surface area contributed by atoms with Gasteiger partial charge in [-0.15, -0.1) is 0 Å². The minimum absolute atomic E-state index is 0.295. The number of benzene rings is 2. The van der Waals surface area contributed by atoms with Gasteiger partial charge in [0.05, 0.1) is 17.1 Å². The van der Waals surface area contributed by atoms with Crippen LogP contribution in [0.4, 0.5) is 18.9 Å². The molecule has 0 spiro atoms. The predicted molar refractivity (Wildman–Crippen MR) is 121 cm³/mol. The average molecular weight is 462 g/mol. The topological polar surface area (TPSA) is 45.1 Å². The van der Waals surface area contributed by atoms with Crippen molar-refractivity contribution in [1.29, 1.82) is 0 Å². The summed E-state index contributed by atoms with van der Waals surface area (Å²) in [5, 5.41) is 0.624. The number of carbonyl (C=O) groups is 1. The second-order valence-electron chi connectivity index (χ2n) is 7.30. The Bertz CT molecular complexity index is 1060. The number of thioether (sulfide) groups is 1. The summed E-state index contributed by atoms with van der Waals surface area (Å²) in [6.07, 6.45) is -2.58. The number of nitrogens with zero attached hydrogens (tertiary/aromatic N) is 3. The van der Waals surface area contributed by atoms with Crippen molar-refractivity contribution < 1.29 is 22.7 Å². The molecule has 2 aliphatic rings. The summed E-state index contributed by atoms with van der Waals surface area (Å²) in [6, 6.07) is 12.9. The highest BCUT2D eigenvalue weighted by atomic mass is 32.2. The number of anilines is 1. The molecule has 0 N–H and O–H groups in total. The van der Waals surface area contributed by atoms with E-state index in [-0.39, 0.29) is 5.91 Å². The average Bonchev–Trinajstić information content (AvgIpc) is 3.15. The molecule has 2 aliphatic heterocycles. The highest BCUT2D eigenvalue weighted by Crippen LogP contribution is 2.34. The number of rotatable bonds is 4. The Morgan fingerprint density at radius 3 is 2.50 bits per heavy atom. The number of amidine groups is 1. The molecule has 9 heteroatoms. The molecule has 2 heterocycles. The summed E-state index contributed by atoms with van der Waals surface area (Å²) in [4.78, 5) is 21.1. The zero-order valence-corrected chi connectivity index (χ0v) is 18.2. The lowest BCUT2D eigenvalue weighted by Crippen LogP contribution is -2.47. The summed E-state index contributed by atoms with van der Waals surface area (Å²) >= 11 is 1.31. The first-order valence-corrected chi connectivity index (χ1v) is 11.1. The predicted octanol–water partition coefficient (Wildman–Crippen LogP) is 4.90. The molecule has 0 unspecified atom stereocenters. The van der Waals surface area contributed by atoms with Crippen LogP contribution in [0.2, 0.25) is 0 Å². The van der Waals surface area contributed by atoms with Crippen LogP contribution in [-0.2, 0) is 11.0 Å². The van der Waals surface area contributed by atoms with Gasteiger partial charge in [0, 0.05) is 37.4 Å². The molecule has 2 aromatic carbocycles. The van der Waals surface area contributed by atoms with Gasteiger partial charge in [-0.1, -0.05) is 24.3 Å². The van der Waals surface area contributed by atoms with Crippen LogP contribution < -0.4 is 9.64 Å². The van der Waals surface area contributed by atoms with Gasteiger partial charge in [-0.25, -0.2) is 0 Å². The first-order chi connectivity index (χ1) is 15.3. The molecule has 1 amide bonds. The number of hydrogen-bond acceptors (Lipinski definition) is 5. The summed E-state index contributed by atoms with van der Waals surface area (Å²) in [7, 11) is 0. The van der Waals surface area contributed by atoms with Crippen molar-refractivity contribution in [2.75, 3.05) is 37.7 Å². The van der Waals surface area contributed by atoms with Crippen LogP contribution in [-0.4, -0.2) is 48.8 Å². The zero-order chi connectivity index (χ0) is 22.7. The molecular formula is C23H22F3N3O2S. The maximum atomic E-state index is 13.0. The monoisotopic (exact) mass is 461 g/mol. The van der Waals surface area contributed by atoms with E-state index < -0.39 is 11.7 Å². The highest BCUT2D eigenvalue weighted by molar-refractivity contribution is 8.18. The normalized spacial score (nSPS) is 18.3. The first-order valence-electron chi connectivity index (χ1n) is 10.3. The van der Waals surface area contributed by atoms with E-state index in [4.69, 9.17) is 4.74 Å². The molecule has 0 aromatic heterocycles. The van der Waals surface area contributed by atoms with Crippen molar-refractivity contribution in [1.82, 2.24) is 4.90 Å². The number of ether oxygens (including phenoxy) is 1. The molecule has 1 saturated heterocycles. The lowest BCUT2D eigenvalue weighted by atomic mass is 10.1. The summed E-state index contributed by atoms with van der Waals surface area (Å²) in [5.41, 5.74) is 0.710. The Morgan fingerprint density at radius 2 is 1.78 bits per heavy atom. The third kappa shape index (κ3) is 4.93. The van der Waals surface area contributed by atoms with Crippen molar-refractivity contribution in [3.8, 4) is 5.75 Å². The maximum Gasteiger partial charge on any atom is 0.416 e. The molecule has 0 aliphatic carbocycles. The van der Waals surface area contributed by atoms with Crippen molar-refractivity contribution in [2.24, 2.45) is 4.99 Å². The standard InChI is InChI=1S/C23H22F3N3O2S/c1-2-31-19-9-4-3-6-16(19)14-20-21(30)27-22(32-20)29-12-10-28(11-13-29)18-8-5-7-17(15-18)23(24,25)26/h3-9,14-15H,2,10-13H2,1H3. The van der Waals surface area contributed by atoms with Crippen molar-refractivity contribution in [3.05, 3.63) is 64.6 Å². The lowest BCUT2D eigenvalue weighted by molar-refractivity contribution is -0.137. The van der Waals surface area contributed by atoms with Gasteiger partial charge in [0.25, 0.3) is 5.91 Å². The number of alkyl halides is 3. The van der Waals surface area contributed by atoms with E-state index in [1.165, 1.54) is 23.9 Å². The third-order valence-electron chi connectivity index (χ3n) is 5.20. The van der Waals surface area contributed by atoms with Crippen LogP contribution in [0, 0.1) is 0 Å². The lowest BCUT2D eigenvalue weighted by Gasteiger charge is -2.36. The smallest absolute Gasteiger partial charge is 0.416 e. The Morgan fingerprint density at radius 1 is 1.06 bits per heavy atom. The van der Waals surface area contributed by atoms with E-state index >= 15 is 0 Å². The van der Waals surface area contributed by atoms with Crippen LogP contribution in [0.3, 0.4) is 0 Å². The summed E-state index contributed by atoms with van der Waals surface area (Å²) in [6.45, 7) is 4.65. The molecule has 0 bridgehead atoms. The number of aliphatic imine (C=N–C) groups is 1. The third-order valence-corrected chi connectivity index (χ3v) is 6.25. The first kappa shape index (κ1) is 22.3. The Balaban J connectivity index is 1.41. The van der Waals surface area contributed by atoms with Gasteiger partial charge in [-0.2, -0.15) is 18.2 Å². The molecule has 4 rings (SSSR count). The van der Waals surface area contributed by atoms with E-state index in [1.807, 2.05) is 41.0 Å². The van der Waals surface area contributed by atoms with Gasteiger partial charge >= 0.3 is 6.18 Å². The molecule has 0 radical (unpaired) electrons. The van der Waals surface area contributed by atoms with Crippen LogP contribution in [0.25, 0.3) is 6.08 Å². The molecule has 5 nitrogen and oxygen atoms in total. The number of piperazine rings is 1. The Kier molecular flexibility index (Phi) is 6.45. The highest BCUT2D eigenvalue weighted by Gasteiger charge is 2.32. The van der Waals surface area contributed by atoms with Crippen molar-refractivity contribution in [3.63, 3.8) is 0 Å². The van der Waals surface area contributed by atoms with Gasteiger partial charge in [0.15, 0.2) is 5.17 Å². The molecule has 32 heavy (non-hydrogen) atoms. The minimum Gasteiger partial charge on any atom is -0.493 e. The van der Waals surface area contributed by atoms with E-state index in [0.29, 0.717) is 54.3 Å². The van der Waals surface area contributed by atoms with E-state index in [2.05, 4.69) is 4.99 Å². The van der Waals surface area contributed by atoms with Gasteiger partial charge in [-0.3, -0.25) is 4.79 Å². The molecular weight excluding hydrogens is 439 g/mol. The molecule has 0 saturated carbocycles. The van der Waals surface area contributed by atoms with Crippen LogP contribution in [0.5, 0.6) is 5.75 Å². The van der Waals surface area contributed by atoms with Crippen LogP contribution in [0.15, 0.2) is 58.4 Å². The largest absolute Gasteiger partial charge is 0.493 e. The fourth-order valence-electron chi connectivity index (χ4n) is 3.60. The Labute approximate surface area is 188 Å². The van der Waals surface area contributed by atoms with Gasteiger partial charge < -0.3 is 14.5 Å². The minimum atomic E-state index is -4.36. The number of para-hydroxylation sites is 1. The zero-order valence-electron chi connectivity index (χ0n) is 17.4. The summed E-state index contributed by atoms with van der Waals surface area (Å²) in [5.74, 6) is 0.413. The van der Waals surface area contributed by atoms with Gasteiger partial charge in [-0.05, 0) is 49.0 Å². The van der Waals surface area contributed by atoms with Crippen molar-refractivity contribution >= 4 is 34.6 Å². The number of amides is 1. The second-order valence-corrected chi connectivity index (χ2v) is 8.31. The number of hydrogen-bond donors (Lipinski definition) is 0. The fourth-order valence-corrected chi connectivity index (χ4v) is 4.55. The van der Waals surface area contributed by atoms with E-state index in [9.17, 15) is 18.0 Å². The maximum absolute atomic E-state index is 13.0. The quantitative estimate of drug-likeness (QED) is 0.607. The molecule has 0 atom stereocenters. The van der Waals surface area contributed by atoms with E-state index in [1.54, 1.807) is 12.1 Å². The second kappa shape index (κ2) is 9.28. The van der Waals surface area contributed by atoms with Gasteiger partial charge in [0.2, 0.25) is 0 Å². The van der Waals surface area contributed by atoms with Gasteiger partial charge in [0.1, 0.15) is 5.75 Å². The summed E-state index contributed by atoms with van der Waals surface area (Å²) < 4.78 is 44.6. The number of halogens is 3. The van der Waals surface area contributed by atoms with Crippen LogP contribution in [0.1, 0.15) is 18.1 Å². The molecule has 2 aromatic rings.